The number of hydrogen-bond donors (Lipinski definition) is 2. The maximum absolute atomic E-state index is 9.09. The molecule has 6 heteroatoms. The van der Waals surface area contributed by atoms with Crippen LogP contribution in [-0.4, -0.2) is 28.4 Å². The maximum Gasteiger partial charge on any atom is 0.273 e. The molecule has 1 amide bonds. The highest BCUT2D eigenvalue weighted by atomic mass is 32.1. The third-order valence-electron chi connectivity index (χ3n) is 1.97. The van der Waals surface area contributed by atoms with Crippen molar-refractivity contribution in [1.29, 1.82) is 0 Å². The van der Waals surface area contributed by atoms with Crippen LogP contribution in [0.15, 0.2) is 30.3 Å². The molecule has 0 saturated heterocycles. The Morgan fingerprint density at radius 1 is 1.25 bits per heavy atom. The van der Waals surface area contributed by atoms with Crippen molar-refractivity contribution in [3.63, 3.8) is 0 Å². The van der Waals surface area contributed by atoms with Crippen molar-refractivity contribution in [2.45, 2.75) is 27.7 Å². The van der Waals surface area contributed by atoms with Gasteiger partial charge in [0.2, 0.25) is 0 Å². The Kier molecular flexibility index (Phi) is 14.9. The number of para-hydroxylation sites is 1. The summed E-state index contributed by atoms with van der Waals surface area (Å²) < 4.78 is 5.52. The van der Waals surface area contributed by atoms with Crippen molar-refractivity contribution < 1.29 is 9.53 Å². The maximum atomic E-state index is 9.09. The molecule has 0 aliphatic heterocycles. The van der Waals surface area contributed by atoms with Crippen LogP contribution < -0.4 is 10.5 Å². The number of rotatable bonds is 3. The van der Waals surface area contributed by atoms with Crippen LogP contribution in [0.1, 0.15) is 27.7 Å². The lowest BCUT2D eigenvalue weighted by atomic mass is 10.3. The number of carbonyl (C=O) groups excluding carboxylic acids is 1. The van der Waals surface area contributed by atoms with Gasteiger partial charge in [0.25, 0.3) is 10.4 Å². The number of benzene rings is 1. The molecule has 0 aliphatic carbocycles. The molecule has 0 spiro atoms. The van der Waals surface area contributed by atoms with Crippen molar-refractivity contribution in [2.24, 2.45) is 5.73 Å². The van der Waals surface area contributed by atoms with Crippen LogP contribution in [0.2, 0.25) is 0 Å². The Bertz CT molecular complexity index is 365. The Labute approximate surface area is 132 Å². The molecule has 0 radical (unpaired) electrons. The summed E-state index contributed by atoms with van der Waals surface area (Å²) in [7, 11) is 0. The molecule has 1 aromatic rings. The number of amides is 1. The summed E-state index contributed by atoms with van der Waals surface area (Å²) >= 11 is 8.26. The van der Waals surface area contributed by atoms with Crippen LogP contribution in [-0.2, 0) is 0 Å². The highest BCUT2D eigenvalue weighted by Gasteiger charge is 2.06. The number of thiocarbonyl (C=S) groups is 1. The van der Waals surface area contributed by atoms with Crippen molar-refractivity contribution in [2.75, 3.05) is 13.1 Å². The van der Waals surface area contributed by atoms with Gasteiger partial charge in [0.15, 0.2) is 0 Å². The van der Waals surface area contributed by atoms with E-state index in [1.54, 1.807) is 0 Å². The summed E-state index contributed by atoms with van der Waals surface area (Å²) in [6, 6.07) is 9.61. The fourth-order valence-electron chi connectivity index (χ4n) is 1.14. The molecule has 20 heavy (non-hydrogen) atoms. The predicted molar refractivity (Wildman–Crippen MR) is 92.5 cm³/mol. The standard InChI is InChI=1S/C11H15NOS.C2H6.CH3NOS/c1-3-12(4-2)11(14)13-10-8-6-5-7-9-10;1-2;2-1(3)4/h5-9H,3-4H2,1-2H3;1-2H3;(H3,2,3,4). The first-order chi connectivity index (χ1) is 9.51. The number of thiol groups is 1. The molecule has 0 bridgehead atoms. The van der Waals surface area contributed by atoms with E-state index in [1.165, 1.54) is 0 Å². The Balaban J connectivity index is 0. The van der Waals surface area contributed by atoms with Crippen LogP contribution in [0.4, 0.5) is 4.79 Å². The van der Waals surface area contributed by atoms with Crippen molar-refractivity contribution in [3.8, 4) is 5.75 Å². The van der Waals surface area contributed by atoms with Gasteiger partial charge >= 0.3 is 0 Å². The molecule has 0 atom stereocenters. The second kappa shape index (κ2) is 14.1. The second-order valence-corrected chi connectivity index (χ2v) is 3.98. The first kappa shape index (κ1) is 21.0. The van der Waals surface area contributed by atoms with E-state index in [2.05, 4.69) is 32.2 Å². The van der Waals surface area contributed by atoms with E-state index >= 15 is 0 Å². The Morgan fingerprint density at radius 3 is 2.00 bits per heavy atom. The zero-order valence-electron chi connectivity index (χ0n) is 12.5. The number of nitrogens with zero attached hydrogens (tertiary/aromatic N) is 1. The fraction of sp³-hybridized carbons (Fsp3) is 0.429. The summed E-state index contributed by atoms with van der Waals surface area (Å²) in [5, 5.41) is -0.0961. The molecular formula is C14H24N2O2S2. The van der Waals surface area contributed by atoms with E-state index in [1.807, 2.05) is 49.1 Å². The molecule has 4 nitrogen and oxygen atoms in total. The van der Waals surface area contributed by atoms with E-state index in [-0.39, 0.29) is 0 Å². The summed E-state index contributed by atoms with van der Waals surface area (Å²) in [6.07, 6.45) is 0. The number of hydrogen-bond acceptors (Lipinski definition) is 3. The summed E-state index contributed by atoms with van der Waals surface area (Å²) in [5.74, 6) is 0.796. The van der Waals surface area contributed by atoms with Gasteiger partial charge in [0.1, 0.15) is 5.75 Å². The third-order valence-corrected chi connectivity index (χ3v) is 2.31. The van der Waals surface area contributed by atoms with E-state index < -0.39 is 5.24 Å². The normalized spacial score (nSPS) is 8.25. The highest BCUT2D eigenvalue weighted by molar-refractivity contribution is 7.96. The average molecular weight is 316 g/mol. The minimum atomic E-state index is -0.639. The van der Waals surface area contributed by atoms with E-state index in [4.69, 9.17) is 21.7 Å². The largest absolute Gasteiger partial charge is 0.432 e. The molecule has 1 rings (SSSR count). The van der Waals surface area contributed by atoms with Crippen molar-refractivity contribution in [3.05, 3.63) is 30.3 Å². The van der Waals surface area contributed by atoms with Crippen LogP contribution in [0.25, 0.3) is 0 Å². The molecule has 0 aromatic heterocycles. The van der Waals surface area contributed by atoms with E-state index in [9.17, 15) is 0 Å². The van der Waals surface area contributed by atoms with Gasteiger partial charge in [-0.2, -0.15) is 0 Å². The smallest absolute Gasteiger partial charge is 0.273 e. The average Bonchev–Trinajstić information content (AvgIpc) is 2.43. The zero-order chi connectivity index (χ0) is 16.0. The Hall–Kier alpha value is -1.27. The topological polar surface area (TPSA) is 55.6 Å². The highest BCUT2D eigenvalue weighted by Crippen LogP contribution is 2.10. The summed E-state index contributed by atoms with van der Waals surface area (Å²) in [4.78, 5) is 11.1. The second-order valence-electron chi connectivity index (χ2n) is 3.19. The Morgan fingerprint density at radius 2 is 1.65 bits per heavy atom. The molecule has 0 heterocycles. The van der Waals surface area contributed by atoms with Gasteiger partial charge in [0.05, 0.1) is 0 Å². The monoisotopic (exact) mass is 316 g/mol. The molecule has 1 aromatic carbocycles. The fourth-order valence-corrected chi connectivity index (χ4v) is 1.49. The molecule has 114 valence electrons. The van der Waals surface area contributed by atoms with Crippen LogP contribution in [0.3, 0.4) is 0 Å². The number of primary amides is 1. The van der Waals surface area contributed by atoms with E-state index in [0.717, 1.165) is 18.8 Å². The predicted octanol–water partition coefficient (Wildman–Crippen LogP) is 3.71. The van der Waals surface area contributed by atoms with Gasteiger partial charge in [0, 0.05) is 13.1 Å². The van der Waals surface area contributed by atoms with Crippen LogP contribution >= 0.6 is 24.8 Å². The molecule has 0 unspecified atom stereocenters. The van der Waals surface area contributed by atoms with Gasteiger partial charge in [-0.3, -0.25) is 4.79 Å². The van der Waals surface area contributed by atoms with Gasteiger partial charge in [-0.25, -0.2) is 0 Å². The minimum Gasteiger partial charge on any atom is -0.432 e. The quantitative estimate of drug-likeness (QED) is 0.659. The molecule has 0 aliphatic rings. The van der Waals surface area contributed by atoms with Gasteiger partial charge < -0.3 is 15.4 Å². The first-order valence-electron chi connectivity index (χ1n) is 6.51. The lowest BCUT2D eigenvalue weighted by Gasteiger charge is -2.20. The lowest BCUT2D eigenvalue weighted by molar-refractivity contribution is 0.267. The molecule has 0 fully saturated rings. The van der Waals surface area contributed by atoms with Gasteiger partial charge in [-0.05, 0) is 38.2 Å². The SMILES string of the molecule is CC.CCN(CC)C(=S)Oc1ccccc1.NC(=O)S. The summed E-state index contributed by atoms with van der Waals surface area (Å²) in [5.41, 5.74) is 4.34. The molecular weight excluding hydrogens is 292 g/mol. The number of ether oxygens (including phenoxy) is 1. The van der Waals surface area contributed by atoms with Gasteiger partial charge in [-0.15, -0.1) is 0 Å². The lowest BCUT2D eigenvalue weighted by Crippen LogP contribution is -2.32. The number of nitrogens with two attached hydrogens (primary N) is 1. The first-order valence-corrected chi connectivity index (χ1v) is 7.37. The molecule has 0 saturated carbocycles. The molecule has 2 N–H and O–H groups in total. The van der Waals surface area contributed by atoms with Crippen molar-refractivity contribution in [1.82, 2.24) is 4.90 Å². The van der Waals surface area contributed by atoms with Crippen LogP contribution in [0.5, 0.6) is 5.75 Å². The van der Waals surface area contributed by atoms with Crippen molar-refractivity contribution >= 4 is 35.3 Å². The third kappa shape index (κ3) is 11.8. The summed E-state index contributed by atoms with van der Waals surface area (Å²) in [6.45, 7) is 9.87. The van der Waals surface area contributed by atoms with Gasteiger partial charge in [-0.1, -0.05) is 44.7 Å². The minimum absolute atomic E-state index is 0.543. The van der Waals surface area contributed by atoms with Crippen LogP contribution in [0, 0.1) is 0 Å². The van der Waals surface area contributed by atoms with E-state index in [0.29, 0.717) is 5.17 Å². The number of carbonyl (C=O) groups is 1. The zero-order valence-corrected chi connectivity index (χ0v) is 14.2.